The van der Waals surface area contributed by atoms with Crippen LogP contribution in [0.2, 0.25) is 0 Å². The Kier molecular flexibility index (Phi) is 3.90. The summed E-state index contributed by atoms with van der Waals surface area (Å²) in [7, 11) is 0. The van der Waals surface area contributed by atoms with Crippen molar-refractivity contribution in [2.75, 3.05) is 5.32 Å². The van der Waals surface area contributed by atoms with E-state index in [2.05, 4.69) is 16.4 Å². The van der Waals surface area contributed by atoms with Crippen LogP contribution in [-0.2, 0) is 24.2 Å². The highest BCUT2D eigenvalue weighted by atomic mass is 32.1. The van der Waals surface area contributed by atoms with Crippen LogP contribution in [0.25, 0.3) is 10.2 Å². The van der Waals surface area contributed by atoms with Gasteiger partial charge in [0.2, 0.25) is 5.91 Å². The standard InChI is InChI=1S/C18H17N3O2S/c22-16(10-21-11-19-17-14(18(21)23)8-9-24-17)20-15-7-3-5-12-4-1-2-6-13(12)15/h3,5,7-9,11H,1-2,4,6,10H2,(H,20,22). The highest BCUT2D eigenvalue weighted by Crippen LogP contribution is 2.27. The first-order valence-corrected chi connectivity index (χ1v) is 8.93. The summed E-state index contributed by atoms with van der Waals surface area (Å²) in [5, 5.41) is 5.36. The van der Waals surface area contributed by atoms with Crippen molar-refractivity contribution in [3.63, 3.8) is 0 Å². The van der Waals surface area contributed by atoms with Crippen molar-refractivity contribution in [2.24, 2.45) is 0 Å². The molecule has 0 fully saturated rings. The molecule has 0 bridgehead atoms. The zero-order valence-electron chi connectivity index (χ0n) is 13.1. The van der Waals surface area contributed by atoms with Crippen LogP contribution in [0.1, 0.15) is 24.0 Å². The second kappa shape index (κ2) is 6.20. The number of hydrogen-bond donors (Lipinski definition) is 1. The van der Waals surface area contributed by atoms with Crippen LogP contribution >= 0.6 is 11.3 Å². The molecule has 3 aromatic rings. The number of aryl methyl sites for hydroxylation is 1. The number of amides is 1. The second-order valence-corrected chi connectivity index (χ2v) is 6.91. The first-order valence-electron chi connectivity index (χ1n) is 8.05. The molecule has 1 aliphatic rings. The Bertz CT molecular complexity index is 974. The Morgan fingerprint density at radius 3 is 3.04 bits per heavy atom. The van der Waals surface area contributed by atoms with Crippen molar-refractivity contribution in [3.8, 4) is 0 Å². The molecule has 2 heterocycles. The fraction of sp³-hybridized carbons (Fsp3) is 0.278. The molecule has 1 N–H and O–H groups in total. The average Bonchev–Trinajstić information content (AvgIpc) is 3.07. The van der Waals surface area contributed by atoms with E-state index in [1.165, 1.54) is 39.8 Å². The fourth-order valence-corrected chi connectivity index (χ4v) is 3.97. The predicted molar refractivity (Wildman–Crippen MR) is 95.6 cm³/mol. The summed E-state index contributed by atoms with van der Waals surface area (Å²) in [4.78, 5) is 29.7. The molecule has 24 heavy (non-hydrogen) atoms. The molecule has 0 atom stereocenters. The minimum atomic E-state index is -0.201. The van der Waals surface area contributed by atoms with Crippen LogP contribution in [0.3, 0.4) is 0 Å². The van der Waals surface area contributed by atoms with Gasteiger partial charge in [0.05, 0.1) is 11.7 Å². The molecule has 0 spiro atoms. The number of rotatable bonds is 3. The molecular formula is C18H17N3O2S. The Morgan fingerprint density at radius 1 is 1.25 bits per heavy atom. The molecule has 0 radical (unpaired) electrons. The molecule has 0 aliphatic heterocycles. The molecule has 1 amide bonds. The molecular weight excluding hydrogens is 322 g/mol. The number of carbonyl (C=O) groups excluding carboxylic acids is 1. The van der Waals surface area contributed by atoms with Gasteiger partial charge in [-0.3, -0.25) is 14.2 Å². The number of nitrogens with zero attached hydrogens (tertiary/aromatic N) is 2. The van der Waals surface area contributed by atoms with Gasteiger partial charge in [-0.25, -0.2) is 4.98 Å². The second-order valence-electron chi connectivity index (χ2n) is 6.02. The minimum absolute atomic E-state index is 0.0265. The molecule has 2 aromatic heterocycles. The summed E-state index contributed by atoms with van der Waals surface area (Å²) in [6.07, 6.45) is 5.86. The number of nitrogens with one attached hydrogen (secondary N) is 1. The van der Waals surface area contributed by atoms with Gasteiger partial charge in [0.1, 0.15) is 11.4 Å². The van der Waals surface area contributed by atoms with Crippen molar-refractivity contribution in [3.05, 3.63) is 57.5 Å². The zero-order valence-corrected chi connectivity index (χ0v) is 13.9. The van der Waals surface area contributed by atoms with E-state index in [4.69, 9.17) is 0 Å². The lowest BCUT2D eigenvalue weighted by atomic mass is 9.90. The maximum absolute atomic E-state index is 12.4. The minimum Gasteiger partial charge on any atom is -0.324 e. The number of fused-ring (bicyclic) bond motifs is 2. The molecule has 122 valence electrons. The largest absolute Gasteiger partial charge is 0.324 e. The Hall–Kier alpha value is -2.47. The van der Waals surface area contributed by atoms with Gasteiger partial charge >= 0.3 is 0 Å². The van der Waals surface area contributed by atoms with Crippen LogP contribution < -0.4 is 10.9 Å². The van der Waals surface area contributed by atoms with Crippen LogP contribution in [-0.4, -0.2) is 15.5 Å². The summed E-state index contributed by atoms with van der Waals surface area (Å²) in [6.45, 7) is -0.0265. The normalized spacial score (nSPS) is 13.7. The third-order valence-corrected chi connectivity index (χ3v) is 5.26. The van der Waals surface area contributed by atoms with E-state index < -0.39 is 0 Å². The number of benzene rings is 1. The Balaban J connectivity index is 1.56. The van der Waals surface area contributed by atoms with Crippen molar-refractivity contribution in [1.29, 1.82) is 0 Å². The van der Waals surface area contributed by atoms with Crippen LogP contribution in [0.4, 0.5) is 5.69 Å². The predicted octanol–water partition coefficient (Wildman–Crippen LogP) is 2.98. The number of carbonyl (C=O) groups is 1. The highest BCUT2D eigenvalue weighted by Gasteiger charge is 2.15. The lowest BCUT2D eigenvalue weighted by Gasteiger charge is -2.19. The van der Waals surface area contributed by atoms with Gasteiger partial charge < -0.3 is 5.32 Å². The number of hydrogen-bond acceptors (Lipinski definition) is 4. The zero-order chi connectivity index (χ0) is 16.5. The van der Waals surface area contributed by atoms with Gasteiger partial charge in [0.25, 0.3) is 5.56 Å². The fourth-order valence-electron chi connectivity index (χ4n) is 3.25. The molecule has 1 aromatic carbocycles. The first-order chi connectivity index (χ1) is 11.7. The third-order valence-electron chi connectivity index (χ3n) is 4.43. The van der Waals surface area contributed by atoms with Crippen molar-refractivity contribution >= 4 is 33.1 Å². The molecule has 0 unspecified atom stereocenters. The van der Waals surface area contributed by atoms with E-state index in [1.807, 2.05) is 17.5 Å². The van der Waals surface area contributed by atoms with Crippen LogP contribution in [0.5, 0.6) is 0 Å². The van der Waals surface area contributed by atoms with Crippen molar-refractivity contribution in [2.45, 2.75) is 32.2 Å². The van der Waals surface area contributed by atoms with E-state index in [9.17, 15) is 9.59 Å². The van der Waals surface area contributed by atoms with Gasteiger partial charge in [-0.1, -0.05) is 12.1 Å². The van der Waals surface area contributed by atoms with Crippen LogP contribution in [0, 0.1) is 0 Å². The molecule has 0 saturated carbocycles. The van der Waals surface area contributed by atoms with E-state index >= 15 is 0 Å². The van der Waals surface area contributed by atoms with Gasteiger partial charge in [-0.15, -0.1) is 11.3 Å². The van der Waals surface area contributed by atoms with E-state index in [0.29, 0.717) is 10.2 Å². The third kappa shape index (κ3) is 2.73. The summed E-state index contributed by atoms with van der Waals surface area (Å²) in [5.74, 6) is -0.201. The summed E-state index contributed by atoms with van der Waals surface area (Å²) < 4.78 is 1.36. The molecule has 5 nitrogen and oxygen atoms in total. The Morgan fingerprint density at radius 2 is 2.12 bits per heavy atom. The molecule has 1 aliphatic carbocycles. The van der Waals surface area contributed by atoms with E-state index in [0.717, 1.165) is 24.9 Å². The Labute approximate surface area is 143 Å². The number of aromatic nitrogens is 2. The van der Waals surface area contributed by atoms with E-state index in [-0.39, 0.29) is 18.0 Å². The molecule has 4 rings (SSSR count). The van der Waals surface area contributed by atoms with Gasteiger partial charge in [-0.2, -0.15) is 0 Å². The van der Waals surface area contributed by atoms with Crippen LogP contribution in [0.15, 0.2) is 40.8 Å². The smallest absolute Gasteiger partial charge is 0.262 e. The first kappa shape index (κ1) is 15.1. The highest BCUT2D eigenvalue weighted by molar-refractivity contribution is 7.16. The van der Waals surface area contributed by atoms with Gasteiger partial charge in [0.15, 0.2) is 0 Å². The average molecular weight is 339 g/mol. The van der Waals surface area contributed by atoms with Crippen molar-refractivity contribution in [1.82, 2.24) is 9.55 Å². The molecule has 6 heteroatoms. The topological polar surface area (TPSA) is 64.0 Å². The summed E-state index contributed by atoms with van der Waals surface area (Å²) in [6, 6.07) is 7.79. The summed E-state index contributed by atoms with van der Waals surface area (Å²) in [5.41, 5.74) is 3.25. The van der Waals surface area contributed by atoms with Gasteiger partial charge in [0, 0.05) is 5.69 Å². The SMILES string of the molecule is O=C(Cn1cnc2sccc2c1=O)Nc1cccc2c1CCCC2. The lowest BCUT2D eigenvalue weighted by Crippen LogP contribution is -2.28. The lowest BCUT2D eigenvalue weighted by molar-refractivity contribution is -0.116. The number of anilines is 1. The molecule has 0 saturated heterocycles. The number of thiophene rings is 1. The quantitative estimate of drug-likeness (QED) is 0.798. The maximum atomic E-state index is 12.4. The van der Waals surface area contributed by atoms with E-state index in [1.54, 1.807) is 6.07 Å². The van der Waals surface area contributed by atoms with Crippen molar-refractivity contribution < 1.29 is 4.79 Å². The van der Waals surface area contributed by atoms with Gasteiger partial charge in [-0.05, 0) is 54.3 Å². The maximum Gasteiger partial charge on any atom is 0.262 e. The monoisotopic (exact) mass is 339 g/mol. The summed E-state index contributed by atoms with van der Waals surface area (Å²) >= 11 is 1.42.